The first-order valence-electron chi connectivity index (χ1n) is 7.96. The Morgan fingerprint density at radius 1 is 1.26 bits per heavy atom. The van der Waals surface area contributed by atoms with E-state index in [1.54, 1.807) is 43.5 Å². The number of aromatic amines is 1. The summed E-state index contributed by atoms with van der Waals surface area (Å²) >= 11 is 7.97. The highest BCUT2D eigenvalue weighted by molar-refractivity contribution is 7.15. The summed E-state index contributed by atoms with van der Waals surface area (Å²) in [5.41, 5.74) is 2.18. The maximum absolute atomic E-state index is 12.5. The summed E-state index contributed by atoms with van der Waals surface area (Å²) in [4.78, 5) is 39.1. The zero-order valence-electron chi connectivity index (χ0n) is 14.4. The summed E-state index contributed by atoms with van der Waals surface area (Å²) in [6.45, 7) is 3.57. The molecule has 2 aromatic heterocycles. The maximum Gasteiger partial charge on any atom is 0.341 e. The van der Waals surface area contributed by atoms with Gasteiger partial charge in [0.25, 0.3) is 5.91 Å². The van der Waals surface area contributed by atoms with Gasteiger partial charge in [-0.2, -0.15) is 0 Å². The van der Waals surface area contributed by atoms with Crippen LogP contribution in [0.1, 0.15) is 32.6 Å². The van der Waals surface area contributed by atoms with Crippen LogP contribution in [0.15, 0.2) is 34.4 Å². The van der Waals surface area contributed by atoms with Crippen LogP contribution < -0.4 is 10.2 Å². The molecule has 3 aromatic rings. The van der Waals surface area contributed by atoms with E-state index < -0.39 is 11.9 Å². The first kappa shape index (κ1) is 19.3. The van der Waals surface area contributed by atoms with Gasteiger partial charge in [0.15, 0.2) is 0 Å². The number of carbonyl (C=O) groups is 2. The monoisotopic (exact) mass is 422 g/mol. The molecule has 0 saturated carbocycles. The number of carbonyl (C=O) groups excluding carboxylic acids is 2. The van der Waals surface area contributed by atoms with Gasteiger partial charge in [-0.1, -0.05) is 35.1 Å². The molecule has 6 nitrogen and oxygen atoms in total. The highest BCUT2D eigenvalue weighted by Gasteiger charge is 2.24. The molecule has 0 bridgehead atoms. The zero-order valence-corrected chi connectivity index (χ0v) is 16.8. The Morgan fingerprint density at radius 3 is 2.56 bits per heavy atom. The fourth-order valence-corrected chi connectivity index (χ4v) is 4.29. The summed E-state index contributed by atoms with van der Waals surface area (Å²) in [6, 6.07) is 7.03. The van der Waals surface area contributed by atoms with Crippen molar-refractivity contribution in [3.63, 3.8) is 0 Å². The number of thiophene rings is 1. The molecule has 0 fully saturated rings. The average Bonchev–Trinajstić information content (AvgIpc) is 3.18. The molecule has 27 heavy (non-hydrogen) atoms. The molecule has 2 N–H and O–H groups in total. The number of hydrogen-bond donors (Lipinski definition) is 2. The molecule has 0 radical (unpaired) electrons. The highest BCUT2D eigenvalue weighted by atomic mass is 35.5. The van der Waals surface area contributed by atoms with Gasteiger partial charge in [0.1, 0.15) is 15.4 Å². The molecule has 9 heteroatoms. The second-order valence-corrected chi connectivity index (χ2v) is 7.80. The normalized spacial score (nSPS) is 10.6. The lowest BCUT2D eigenvalue weighted by Gasteiger charge is -2.08. The largest absolute Gasteiger partial charge is 0.462 e. The topological polar surface area (TPSA) is 88.3 Å². The summed E-state index contributed by atoms with van der Waals surface area (Å²) in [5.74, 6) is -0.983. The minimum atomic E-state index is -0.530. The van der Waals surface area contributed by atoms with Gasteiger partial charge in [-0.3, -0.25) is 9.59 Å². The standard InChI is InChI=1S/C18H15ClN2O4S2/c1-3-25-17(23)13-12(10-4-6-11(19)7-5-10)8-26-16(13)21-15(22)14-9(2)20-18(24)27-14/h4-8H,3H2,1-2H3,(H,20,24)(H,21,22). The second kappa shape index (κ2) is 8.08. The zero-order chi connectivity index (χ0) is 19.6. The van der Waals surface area contributed by atoms with E-state index in [4.69, 9.17) is 16.3 Å². The molecule has 0 aliphatic heterocycles. The minimum absolute atomic E-state index is 0.209. The Labute approximate surface area is 167 Å². The number of H-pyrrole nitrogens is 1. The molecule has 0 aliphatic carbocycles. The SMILES string of the molecule is CCOC(=O)c1c(-c2ccc(Cl)cc2)csc1NC(=O)c1sc(=O)[nH]c1C. The Morgan fingerprint density at radius 2 is 1.96 bits per heavy atom. The summed E-state index contributed by atoms with van der Waals surface area (Å²) in [5, 5.41) is 5.45. The van der Waals surface area contributed by atoms with Crippen molar-refractivity contribution in [2.75, 3.05) is 11.9 Å². The van der Waals surface area contributed by atoms with Crippen LogP contribution in [-0.4, -0.2) is 23.5 Å². The van der Waals surface area contributed by atoms with Crippen LogP contribution in [0.2, 0.25) is 5.02 Å². The van der Waals surface area contributed by atoms with Crippen molar-refractivity contribution in [2.45, 2.75) is 13.8 Å². The van der Waals surface area contributed by atoms with Crippen molar-refractivity contribution in [3.8, 4) is 11.1 Å². The molecule has 1 amide bonds. The lowest BCUT2D eigenvalue weighted by atomic mass is 10.0. The highest BCUT2D eigenvalue weighted by Crippen LogP contribution is 2.37. The van der Waals surface area contributed by atoms with Crippen LogP contribution >= 0.6 is 34.3 Å². The molecule has 0 spiro atoms. The Hall–Kier alpha value is -2.42. The van der Waals surface area contributed by atoms with E-state index in [0.29, 0.717) is 21.3 Å². The summed E-state index contributed by atoms with van der Waals surface area (Å²) in [6.07, 6.45) is 0. The molecular formula is C18H15ClN2O4S2. The fraction of sp³-hybridized carbons (Fsp3) is 0.167. The van der Waals surface area contributed by atoms with E-state index in [1.165, 1.54) is 11.3 Å². The molecule has 0 atom stereocenters. The number of aromatic nitrogens is 1. The van der Waals surface area contributed by atoms with Crippen molar-refractivity contribution in [1.82, 2.24) is 4.98 Å². The van der Waals surface area contributed by atoms with Gasteiger partial charge in [0, 0.05) is 21.7 Å². The molecule has 2 heterocycles. The molecule has 0 aliphatic rings. The van der Waals surface area contributed by atoms with E-state index in [9.17, 15) is 14.4 Å². The Kier molecular flexibility index (Phi) is 5.79. The van der Waals surface area contributed by atoms with Crippen molar-refractivity contribution >= 4 is 51.2 Å². The van der Waals surface area contributed by atoms with Crippen LogP contribution in [0, 0.1) is 6.92 Å². The van der Waals surface area contributed by atoms with Crippen LogP contribution in [-0.2, 0) is 4.74 Å². The number of amides is 1. The third-order valence-electron chi connectivity index (χ3n) is 3.68. The molecule has 0 saturated heterocycles. The van der Waals surface area contributed by atoms with Crippen LogP contribution in [0.25, 0.3) is 11.1 Å². The lowest BCUT2D eigenvalue weighted by Crippen LogP contribution is -2.14. The molecule has 140 valence electrons. The number of thiazole rings is 1. The average molecular weight is 423 g/mol. The van der Waals surface area contributed by atoms with Gasteiger partial charge in [0.05, 0.1) is 6.61 Å². The third-order valence-corrected chi connectivity index (χ3v) is 5.81. The van der Waals surface area contributed by atoms with E-state index >= 15 is 0 Å². The minimum Gasteiger partial charge on any atom is -0.462 e. The van der Waals surface area contributed by atoms with Gasteiger partial charge in [-0.15, -0.1) is 11.3 Å². The van der Waals surface area contributed by atoms with Crippen LogP contribution in [0.4, 0.5) is 5.00 Å². The van der Waals surface area contributed by atoms with Gasteiger partial charge >= 0.3 is 10.8 Å². The van der Waals surface area contributed by atoms with Crippen molar-refractivity contribution in [2.24, 2.45) is 0 Å². The molecular weight excluding hydrogens is 408 g/mol. The van der Waals surface area contributed by atoms with Crippen LogP contribution in [0.5, 0.6) is 0 Å². The molecule has 1 aromatic carbocycles. The van der Waals surface area contributed by atoms with Gasteiger partial charge in [-0.25, -0.2) is 4.79 Å². The first-order valence-corrected chi connectivity index (χ1v) is 10.0. The van der Waals surface area contributed by atoms with E-state index in [1.807, 2.05) is 0 Å². The maximum atomic E-state index is 12.5. The van der Waals surface area contributed by atoms with Gasteiger partial charge < -0.3 is 15.0 Å². The number of hydrogen-bond acceptors (Lipinski definition) is 6. The van der Waals surface area contributed by atoms with Gasteiger partial charge in [-0.05, 0) is 31.5 Å². The number of halogens is 1. The predicted molar refractivity (Wildman–Crippen MR) is 108 cm³/mol. The number of ether oxygens (including phenoxy) is 1. The fourth-order valence-electron chi connectivity index (χ4n) is 2.48. The van der Waals surface area contributed by atoms with Gasteiger partial charge in [0.2, 0.25) is 0 Å². The summed E-state index contributed by atoms with van der Waals surface area (Å²) in [7, 11) is 0. The molecule has 3 rings (SSSR count). The van der Waals surface area contributed by atoms with E-state index in [-0.39, 0.29) is 21.9 Å². The Balaban J connectivity index is 2.01. The van der Waals surface area contributed by atoms with Crippen molar-refractivity contribution in [3.05, 3.63) is 60.5 Å². The van der Waals surface area contributed by atoms with E-state index in [2.05, 4.69) is 10.3 Å². The number of aryl methyl sites for hydroxylation is 1. The lowest BCUT2D eigenvalue weighted by molar-refractivity contribution is 0.0529. The predicted octanol–water partition coefficient (Wildman–Crippen LogP) is 4.56. The van der Waals surface area contributed by atoms with Crippen molar-refractivity contribution in [1.29, 1.82) is 0 Å². The first-order chi connectivity index (χ1) is 12.9. The number of benzene rings is 1. The van der Waals surface area contributed by atoms with Crippen LogP contribution in [0.3, 0.4) is 0 Å². The number of anilines is 1. The number of nitrogens with one attached hydrogen (secondary N) is 2. The van der Waals surface area contributed by atoms with Crippen molar-refractivity contribution < 1.29 is 14.3 Å². The Bertz CT molecular complexity index is 1050. The smallest absolute Gasteiger partial charge is 0.341 e. The molecule has 0 unspecified atom stereocenters. The second-order valence-electron chi connectivity index (χ2n) is 5.50. The quantitative estimate of drug-likeness (QED) is 0.590. The number of esters is 1. The number of rotatable bonds is 5. The third kappa shape index (κ3) is 4.13. The summed E-state index contributed by atoms with van der Waals surface area (Å²) < 4.78 is 5.16. The van der Waals surface area contributed by atoms with E-state index in [0.717, 1.165) is 16.9 Å².